The van der Waals surface area contributed by atoms with Gasteiger partial charge in [0.15, 0.2) is 0 Å². The normalized spacial score (nSPS) is 12.7. The van der Waals surface area contributed by atoms with Gasteiger partial charge in [0.2, 0.25) is 0 Å². The number of aliphatic carboxylic acids is 5. The van der Waals surface area contributed by atoms with E-state index in [1.54, 1.807) is 6.07 Å². The largest absolute Gasteiger partial charge is 0.489 e. The maximum Gasteiger partial charge on any atom is 0.317 e. The van der Waals surface area contributed by atoms with Crippen molar-refractivity contribution in [3.05, 3.63) is 22.3 Å². The van der Waals surface area contributed by atoms with Gasteiger partial charge in [-0.2, -0.15) is 0 Å². The molecule has 1 rings (SSSR count). The van der Waals surface area contributed by atoms with Crippen molar-refractivity contribution in [2.45, 2.75) is 12.5 Å². The lowest BCUT2D eigenvalue weighted by Gasteiger charge is -2.42. The lowest BCUT2D eigenvalue weighted by Crippen LogP contribution is -2.60. The third-order valence-corrected chi connectivity index (χ3v) is 8.58. The van der Waals surface area contributed by atoms with Gasteiger partial charge in [-0.1, -0.05) is 0 Å². The fourth-order valence-corrected chi connectivity index (χ4v) is 8.21. The molecule has 0 aliphatic heterocycles. The number of nitrogens with one attached hydrogen (secondary N) is 1. The fourth-order valence-electron chi connectivity index (χ4n) is 4.03. The molecule has 1 aromatic rings. The lowest BCUT2D eigenvalue weighted by molar-refractivity contribution is -0.147. The first-order valence-corrected chi connectivity index (χ1v) is 15.4. The quantitative estimate of drug-likeness (QED) is 0.0968. The first-order valence-electron chi connectivity index (χ1n) is 12.2. The standard InChI is InChI=1S/C24H31I3N4O12/c1-24(31(9-18(38)39)10-19(40)41,12-43-22-14(26)5-13(25)20(21(22)27)23(42)28-2)11-30(8-17(36)37)4-3-29(6-15(32)33)7-16(34)35/h5H,3-4,6-12H2,1-2H3,(H,28,42)(H,32,33)(H,34,35)(H,36,37)(H,38,39)(H,40,41). The van der Waals surface area contributed by atoms with Crippen molar-refractivity contribution in [3.63, 3.8) is 0 Å². The number of ether oxygens (including phenoxy) is 1. The Morgan fingerprint density at radius 1 is 0.767 bits per heavy atom. The Morgan fingerprint density at radius 2 is 1.21 bits per heavy atom. The minimum Gasteiger partial charge on any atom is -0.489 e. The molecule has 0 radical (unpaired) electrons. The maximum atomic E-state index is 12.5. The predicted octanol–water partition coefficient (Wildman–Crippen LogP) is 0.327. The van der Waals surface area contributed by atoms with Crippen molar-refractivity contribution in [2.75, 3.05) is 66.0 Å². The molecule has 0 aliphatic rings. The Bertz CT molecular complexity index is 1200. The highest BCUT2D eigenvalue weighted by Gasteiger charge is 2.38. The van der Waals surface area contributed by atoms with Crippen LogP contribution in [0.5, 0.6) is 5.75 Å². The monoisotopic (exact) mass is 948 g/mol. The van der Waals surface area contributed by atoms with Gasteiger partial charge in [-0.3, -0.25) is 43.5 Å². The number of nitrogens with zero attached hydrogens (tertiary/aromatic N) is 3. The number of carbonyl (C=O) groups is 6. The molecule has 1 atom stereocenters. The van der Waals surface area contributed by atoms with Gasteiger partial charge in [-0.15, -0.1) is 0 Å². The molecule has 1 amide bonds. The third kappa shape index (κ3) is 13.2. The minimum atomic E-state index is -1.47. The van der Waals surface area contributed by atoms with Gasteiger partial charge in [0.1, 0.15) is 12.4 Å². The van der Waals surface area contributed by atoms with Gasteiger partial charge in [0.05, 0.1) is 51.0 Å². The highest BCUT2D eigenvalue weighted by atomic mass is 127. The molecule has 1 aromatic carbocycles. The van der Waals surface area contributed by atoms with Gasteiger partial charge in [0.25, 0.3) is 5.91 Å². The van der Waals surface area contributed by atoms with Crippen LogP contribution in [-0.4, -0.2) is 148 Å². The zero-order valence-corrected chi connectivity index (χ0v) is 29.5. The Kier molecular flexibility index (Phi) is 16.3. The predicted molar refractivity (Wildman–Crippen MR) is 175 cm³/mol. The van der Waals surface area contributed by atoms with Crippen molar-refractivity contribution in [3.8, 4) is 5.75 Å². The number of hydrogen-bond acceptors (Lipinski definition) is 10. The number of amides is 1. The summed E-state index contributed by atoms with van der Waals surface area (Å²) in [6, 6.07) is 1.70. The van der Waals surface area contributed by atoms with Crippen molar-refractivity contribution >= 4 is 104 Å². The van der Waals surface area contributed by atoms with E-state index in [0.717, 1.165) is 9.80 Å². The molecular formula is C24H31I3N4O12. The summed E-state index contributed by atoms with van der Waals surface area (Å²) in [6.45, 7) is -2.83. The van der Waals surface area contributed by atoms with Gasteiger partial charge in [0, 0.05) is 30.3 Å². The van der Waals surface area contributed by atoms with E-state index in [-0.39, 0.29) is 37.9 Å². The SMILES string of the molecule is CNC(=O)c1c(I)cc(I)c(OCC(C)(CN(CCN(CC(=O)O)CC(=O)O)CC(=O)O)N(CC(=O)O)CC(=O)O)c1I. The van der Waals surface area contributed by atoms with Crippen LogP contribution in [0.4, 0.5) is 0 Å². The van der Waals surface area contributed by atoms with Crippen LogP contribution in [0, 0.1) is 10.7 Å². The van der Waals surface area contributed by atoms with E-state index in [4.69, 9.17) is 14.9 Å². The molecule has 0 aromatic heterocycles. The maximum absolute atomic E-state index is 12.5. The van der Waals surface area contributed by atoms with Gasteiger partial charge in [-0.05, 0) is 80.8 Å². The summed E-state index contributed by atoms with van der Waals surface area (Å²) in [5, 5.41) is 49.5. The summed E-state index contributed by atoms with van der Waals surface area (Å²) >= 11 is 5.93. The van der Waals surface area contributed by atoms with Crippen molar-refractivity contribution in [2.24, 2.45) is 0 Å². The first kappa shape index (κ1) is 38.9. The number of carboxylic acids is 5. The Hall–Kier alpha value is -2.09. The van der Waals surface area contributed by atoms with E-state index in [1.165, 1.54) is 18.9 Å². The number of hydrogen-bond donors (Lipinski definition) is 6. The van der Waals surface area contributed by atoms with Crippen molar-refractivity contribution in [1.82, 2.24) is 20.0 Å². The zero-order chi connectivity index (χ0) is 33.1. The van der Waals surface area contributed by atoms with E-state index in [9.17, 15) is 44.1 Å². The van der Waals surface area contributed by atoms with E-state index < -0.39 is 68.1 Å². The second-order valence-corrected chi connectivity index (χ2v) is 12.9. The molecule has 0 heterocycles. The van der Waals surface area contributed by atoms with E-state index in [1.807, 2.05) is 67.8 Å². The Labute approximate surface area is 287 Å². The average molecular weight is 948 g/mol. The third-order valence-electron chi connectivity index (χ3n) is 5.90. The van der Waals surface area contributed by atoms with Crippen molar-refractivity contribution < 1.29 is 59.0 Å². The molecule has 0 saturated heterocycles. The van der Waals surface area contributed by atoms with Gasteiger partial charge < -0.3 is 35.6 Å². The Balaban J connectivity index is 3.55. The fraction of sp³-hybridized carbons (Fsp3) is 0.500. The average Bonchev–Trinajstić information content (AvgIpc) is 2.84. The highest BCUT2D eigenvalue weighted by Crippen LogP contribution is 2.34. The molecule has 43 heavy (non-hydrogen) atoms. The summed E-state index contributed by atoms with van der Waals surface area (Å²) in [4.78, 5) is 73.7. The summed E-state index contributed by atoms with van der Waals surface area (Å²) in [5.41, 5.74) is -1.14. The number of halogens is 3. The molecular weight excluding hydrogens is 917 g/mol. The number of carboxylic acid groups (broad SMARTS) is 5. The molecule has 0 bridgehead atoms. The van der Waals surface area contributed by atoms with Crippen LogP contribution >= 0.6 is 67.8 Å². The summed E-state index contributed by atoms with van der Waals surface area (Å²) in [6.07, 6.45) is 0. The van der Waals surface area contributed by atoms with Crippen molar-refractivity contribution in [1.29, 1.82) is 0 Å². The van der Waals surface area contributed by atoms with Crippen LogP contribution in [0.1, 0.15) is 17.3 Å². The second-order valence-electron chi connectivity index (χ2n) is 9.47. The number of carbonyl (C=O) groups excluding carboxylic acids is 1. The number of rotatable bonds is 20. The minimum absolute atomic E-state index is 0.157. The first-order chi connectivity index (χ1) is 19.9. The van der Waals surface area contributed by atoms with Gasteiger partial charge in [-0.25, -0.2) is 0 Å². The second kappa shape index (κ2) is 18.0. The summed E-state index contributed by atoms with van der Waals surface area (Å²) in [5.74, 6) is -6.69. The van der Waals surface area contributed by atoms with E-state index in [2.05, 4.69) is 5.32 Å². The smallest absolute Gasteiger partial charge is 0.317 e. The lowest BCUT2D eigenvalue weighted by atomic mass is 9.99. The van der Waals surface area contributed by atoms with Gasteiger partial charge >= 0.3 is 29.8 Å². The van der Waals surface area contributed by atoms with E-state index >= 15 is 0 Å². The molecule has 1 unspecified atom stereocenters. The van der Waals surface area contributed by atoms with Crippen LogP contribution < -0.4 is 10.1 Å². The van der Waals surface area contributed by atoms with Crippen LogP contribution in [0.15, 0.2) is 6.07 Å². The summed E-state index contributed by atoms with van der Waals surface area (Å²) in [7, 11) is 1.46. The topological polar surface area (TPSA) is 235 Å². The molecule has 0 fully saturated rings. The molecule has 6 N–H and O–H groups in total. The zero-order valence-electron chi connectivity index (χ0n) is 23.0. The molecule has 19 heteroatoms. The molecule has 0 saturated carbocycles. The molecule has 0 spiro atoms. The van der Waals surface area contributed by atoms with Crippen LogP contribution in [0.3, 0.4) is 0 Å². The number of benzene rings is 1. The van der Waals surface area contributed by atoms with E-state index in [0.29, 0.717) is 16.3 Å². The Morgan fingerprint density at radius 3 is 1.65 bits per heavy atom. The van der Waals surface area contributed by atoms with Crippen LogP contribution in [0.25, 0.3) is 0 Å². The molecule has 240 valence electrons. The van der Waals surface area contributed by atoms with Crippen LogP contribution in [0.2, 0.25) is 0 Å². The molecule has 16 nitrogen and oxygen atoms in total. The molecule has 0 aliphatic carbocycles. The summed E-state index contributed by atoms with van der Waals surface area (Å²) < 4.78 is 7.82. The highest BCUT2D eigenvalue weighted by molar-refractivity contribution is 14.1. The van der Waals surface area contributed by atoms with Crippen LogP contribution in [-0.2, 0) is 24.0 Å².